The van der Waals surface area contributed by atoms with Crippen LogP contribution in [-0.4, -0.2) is 45.3 Å². The van der Waals surface area contributed by atoms with Crippen LogP contribution in [0.25, 0.3) is 0 Å². The van der Waals surface area contributed by atoms with Crippen molar-refractivity contribution in [1.82, 2.24) is 25.0 Å². The highest BCUT2D eigenvalue weighted by Crippen LogP contribution is 2.22. The number of aryl methyl sites for hydroxylation is 1. The van der Waals surface area contributed by atoms with Gasteiger partial charge in [-0.05, 0) is 57.5 Å². The number of rotatable bonds is 5. The molecule has 5 heteroatoms. The van der Waals surface area contributed by atoms with Crippen molar-refractivity contribution in [3.8, 4) is 0 Å². The Balaban J connectivity index is 1.34. The second-order valence-electron chi connectivity index (χ2n) is 7.07. The van der Waals surface area contributed by atoms with Crippen LogP contribution in [0.3, 0.4) is 0 Å². The maximum Gasteiger partial charge on any atom is 0.147 e. The number of piperidine rings is 1. The van der Waals surface area contributed by atoms with Crippen LogP contribution in [-0.2, 0) is 19.5 Å². The standard InChI is InChI=1S/C16H27N5/c1-2-9-21-15(5-1)18-19-16(21)12-20-8-3-4-13(11-20)10-17-14-6-7-14/h13-14,17H,1-12H2. The van der Waals surface area contributed by atoms with Crippen molar-refractivity contribution in [2.24, 2.45) is 5.92 Å². The molecule has 116 valence electrons. The number of nitrogens with zero attached hydrogens (tertiary/aromatic N) is 4. The molecule has 1 N–H and O–H groups in total. The van der Waals surface area contributed by atoms with E-state index in [4.69, 9.17) is 0 Å². The fourth-order valence-corrected chi connectivity index (χ4v) is 3.77. The van der Waals surface area contributed by atoms with Crippen molar-refractivity contribution < 1.29 is 0 Å². The van der Waals surface area contributed by atoms with Crippen LogP contribution in [0.4, 0.5) is 0 Å². The average Bonchev–Trinajstić information content (AvgIpc) is 3.27. The molecule has 1 saturated carbocycles. The molecular formula is C16H27N5. The lowest BCUT2D eigenvalue weighted by Crippen LogP contribution is -2.40. The Morgan fingerprint density at radius 1 is 1.05 bits per heavy atom. The van der Waals surface area contributed by atoms with Crippen LogP contribution >= 0.6 is 0 Å². The molecule has 21 heavy (non-hydrogen) atoms. The SMILES string of the molecule is C1CCn2c(nnc2CN2CCCC(CNC3CC3)C2)C1. The normalized spacial score (nSPS) is 26.8. The highest BCUT2D eigenvalue weighted by Gasteiger charge is 2.26. The van der Waals surface area contributed by atoms with Crippen LogP contribution in [0.5, 0.6) is 0 Å². The van der Waals surface area contributed by atoms with Crippen molar-refractivity contribution >= 4 is 0 Å². The second-order valence-corrected chi connectivity index (χ2v) is 7.07. The number of fused-ring (bicyclic) bond motifs is 1. The van der Waals surface area contributed by atoms with E-state index in [9.17, 15) is 0 Å². The first-order valence-corrected chi connectivity index (χ1v) is 8.75. The first-order chi connectivity index (χ1) is 10.4. The minimum Gasteiger partial charge on any atom is -0.314 e. The van der Waals surface area contributed by atoms with Crippen molar-refractivity contribution in [2.45, 2.75) is 64.1 Å². The molecule has 0 amide bonds. The van der Waals surface area contributed by atoms with E-state index in [0.717, 1.165) is 31.5 Å². The van der Waals surface area contributed by atoms with E-state index in [1.807, 2.05) is 0 Å². The zero-order valence-corrected chi connectivity index (χ0v) is 12.9. The van der Waals surface area contributed by atoms with Gasteiger partial charge in [0.15, 0.2) is 0 Å². The predicted octanol–water partition coefficient (Wildman–Crippen LogP) is 1.58. The molecule has 1 unspecified atom stereocenters. The molecule has 0 aromatic carbocycles. The van der Waals surface area contributed by atoms with Gasteiger partial charge in [0.25, 0.3) is 0 Å². The van der Waals surface area contributed by atoms with Gasteiger partial charge in [0.2, 0.25) is 0 Å². The molecule has 1 aromatic heterocycles. The summed E-state index contributed by atoms with van der Waals surface area (Å²) in [5.74, 6) is 3.23. The van der Waals surface area contributed by atoms with E-state index in [2.05, 4.69) is 25.0 Å². The molecule has 1 aromatic rings. The lowest BCUT2D eigenvalue weighted by molar-refractivity contribution is 0.159. The summed E-state index contributed by atoms with van der Waals surface area (Å²) in [5.41, 5.74) is 0. The highest BCUT2D eigenvalue weighted by molar-refractivity contribution is 4.99. The van der Waals surface area contributed by atoms with Crippen LogP contribution in [0.1, 0.15) is 50.2 Å². The van der Waals surface area contributed by atoms with Gasteiger partial charge in [-0.2, -0.15) is 0 Å². The fourth-order valence-electron chi connectivity index (χ4n) is 3.77. The zero-order valence-electron chi connectivity index (χ0n) is 12.9. The van der Waals surface area contributed by atoms with Gasteiger partial charge in [0.05, 0.1) is 6.54 Å². The maximum atomic E-state index is 4.46. The Kier molecular flexibility index (Phi) is 3.95. The summed E-state index contributed by atoms with van der Waals surface area (Å²) >= 11 is 0. The Morgan fingerprint density at radius 2 is 2.00 bits per heavy atom. The van der Waals surface area contributed by atoms with Crippen LogP contribution in [0.2, 0.25) is 0 Å². The lowest BCUT2D eigenvalue weighted by Gasteiger charge is -2.32. The monoisotopic (exact) mass is 289 g/mol. The van der Waals surface area contributed by atoms with Crippen molar-refractivity contribution in [3.63, 3.8) is 0 Å². The molecule has 1 aliphatic carbocycles. The second kappa shape index (κ2) is 6.05. The molecule has 4 rings (SSSR count). The maximum absolute atomic E-state index is 4.46. The summed E-state index contributed by atoms with van der Waals surface area (Å²) in [5, 5.41) is 12.5. The quantitative estimate of drug-likeness (QED) is 0.894. The molecular weight excluding hydrogens is 262 g/mol. The smallest absolute Gasteiger partial charge is 0.147 e. The van der Waals surface area contributed by atoms with Crippen LogP contribution < -0.4 is 5.32 Å². The third kappa shape index (κ3) is 3.29. The average molecular weight is 289 g/mol. The van der Waals surface area contributed by atoms with E-state index >= 15 is 0 Å². The summed E-state index contributed by atoms with van der Waals surface area (Å²) in [6, 6.07) is 0.837. The minimum absolute atomic E-state index is 0.822. The van der Waals surface area contributed by atoms with Gasteiger partial charge in [0.1, 0.15) is 11.6 Å². The van der Waals surface area contributed by atoms with Gasteiger partial charge >= 0.3 is 0 Å². The summed E-state index contributed by atoms with van der Waals surface area (Å²) in [7, 11) is 0. The Bertz CT molecular complexity index is 479. The molecule has 5 nitrogen and oxygen atoms in total. The van der Waals surface area contributed by atoms with E-state index in [-0.39, 0.29) is 0 Å². The number of likely N-dealkylation sites (tertiary alicyclic amines) is 1. The third-order valence-corrected chi connectivity index (χ3v) is 5.18. The minimum atomic E-state index is 0.822. The summed E-state index contributed by atoms with van der Waals surface area (Å²) < 4.78 is 2.37. The number of hydrogen-bond acceptors (Lipinski definition) is 4. The van der Waals surface area contributed by atoms with Gasteiger partial charge in [0, 0.05) is 25.6 Å². The number of nitrogens with one attached hydrogen (secondary N) is 1. The van der Waals surface area contributed by atoms with Crippen molar-refractivity contribution in [1.29, 1.82) is 0 Å². The van der Waals surface area contributed by atoms with E-state index in [1.54, 1.807) is 0 Å². The zero-order chi connectivity index (χ0) is 14.1. The highest BCUT2D eigenvalue weighted by atomic mass is 15.3. The van der Waals surface area contributed by atoms with E-state index in [1.165, 1.54) is 69.8 Å². The molecule has 1 atom stereocenters. The predicted molar refractivity (Wildman–Crippen MR) is 82.0 cm³/mol. The molecule has 0 radical (unpaired) electrons. The molecule has 2 fully saturated rings. The molecule has 3 heterocycles. The molecule has 0 spiro atoms. The van der Waals surface area contributed by atoms with Crippen LogP contribution in [0.15, 0.2) is 0 Å². The first-order valence-electron chi connectivity index (χ1n) is 8.75. The van der Waals surface area contributed by atoms with Gasteiger partial charge in [-0.1, -0.05) is 0 Å². The van der Waals surface area contributed by atoms with Crippen LogP contribution in [0, 0.1) is 5.92 Å². The van der Waals surface area contributed by atoms with Crippen molar-refractivity contribution in [2.75, 3.05) is 19.6 Å². The number of aromatic nitrogens is 3. The summed E-state index contributed by atoms with van der Waals surface area (Å²) in [6.45, 7) is 5.77. The van der Waals surface area contributed by atoms with Gasteiger partial charge in [-0.3, -0.25) is 4.90 Å². The van der Waals surface area contributed by atoms with Crippen molar-refractivity contribution in [3.05, 3.63) is 11.6 Å². The van der Waals surface area contributed by atoms with Gasteiger partial charge in [-0.15, -0.1) is 10.2 Å². The third-order valence-electron chi connectivity index (χ3n) is 5.18. The topological polar surface area (TPSA) is 46.0 Å². The van der Waals surface area contributed by atoms with Gasteiger partial charge in [-0.25, -0.2) is 0 Å². The Hall–Kier alpha value is -0.940. The van der Waals surface area contributed by atoms with Gasteiger partial charge < -0.3 is 9.88 Å². The molecule has 0 bridgehead atoms. The molecule has 1 saturated heterocycles. The first kappa shape index (κ1) is 13.7. The Labute approximate surface area is 127 Å². The largest absolute Gasteiger partial charge is 0.314 e. The lowest BCUT2D eigenvalue weighted by atomic mass is 9.98. The summed E-state index contributed by atoms with van der Waals surface area (Å²) in [6.07, 6.45) is 9.17. The molecule has 3 aliphatic rings. The summed E-state index contributed by atoms with van der Waals surface area (Å²) in [4.78, 5) is 2.59. The fraction of sp³-hybridized carbons (Fsp3) is 0.875. The van der Waals surface area contributed by atoms with E-state index in [0.29, 0.717) is 0 Å². The van der Waals surface area contributed by atoms with E-state index < -0.39 is 0 Å². The Morgan fingerprint density at radius 3 is 2.90 bits per heavy atom. The molecule has 2 aliphatic heterocycles. The number of hydrogen-bond donors (Lipinski definition) is 1.